The minimum absolute atomic E-state index is 0.0884. The first-order valence-electron chi connectivity index (χ1n) is 7.78. The van der Waals surface area contributed by atoms with Gasteiger partial charge in [0, 0.05) is 17.6 Å². The van der Waals surface area contributed by atoms with E-state index in [1.165, 1.54) is 0 Å². The van der Waals surface area contributed by atoms with E-state index >= 15 is 0 Å². The Kier molecular flexibility index (Phi) is 4.66. The van der Waals surface area contributed by atoms with Crippen LogP contribution in [0.15, 0.2) is 33.2 Å². The second-order valence-electron chi connectivity index (χ2n) is 5.42. The monoisotopic (exact) mass is 329 g/mol. The fourth-order valence-corrected chi connectivity index (χ4v) is 2.52. The third-order valence-electron chi connectivity index (χ3n) is 3.86. The number of esters is 1. The second kappa shape index (κ2) is 6.88. The topological polar surface area (TPSA) is 74.7 Å². The smallest absolute Gasteiger partial charge is 0.374 e. The summed E-state index contributed by atoms with van der Waals surface area (Å²) < 4.78 is 21.6. The molecule has 24 heavy (non-hydrogen) atoms. The Bertz CT molecular complexity index is 842. The molecular weight excluding hydrogens is 310 g/mol. The van der Waals surface area contributed by atoms with E-state index in [1.54, 1.807) is 13.8 Å². The number of carbonyl (C=O) groups excluding carboxylic acids is 1. The Hall–Kier alpha value is -2.60. The first-order valence-corrected chi connectivity index (χ1v) is 7.78. The fraction of sp³-hybridized carbons (Fsp3) is 0.333. The molecular formula is C18H19NO5. The van der Waals surface area contributed by atoms with Gasteiger partial charge in [0.25, 0.3) is 0 Å². The number of para-hydroxylation sites is 1. The maximum Gasteiger partial charge on any atom is 0.374 e. The lowest BCUT2D eigenvalue weighted by Gasteiger charge is -2.05. The zero-order valence-corrected chi connectivity index (χ0v) is 13.9. The van der Waals surface area contributed by atoms with Gasteiger partial charge in [-0.1, -0.05) is 23.4 Å². The summed E-state index contributed by atoms with van der Waals surface area (Å²) in [6.45, 7) is 6.42. The molecule has 0 N–H and O–H groups in total. The number of rotatable bonds is 6. The molecule has 0 radical (unpaired) electrons. The molecule has 2 heterocycles. The van der Waals surface area contributed by atoms with Crippen LogP contribution in [0, 0.1) is 13.8 Å². The first kappa shape index (κ1) is 16.3. The van der Waals surface area contributed by atoms with Gasteiger partial charge in [-0.3, -0.25) is 0 Å². The van der Waals surface area contributed by atoms with Crippen LogP contribution in [-0.2, 0) is 22.7 Å². The zero-order valence-electron chi connectivity index (χ0n) is 13.9. The van der Waals surface area contributed by atoms with E-state index in [2.05, 4.69) is 5.16 Å². The van der Waals surface area contributed by atoms with Crippen LogP contribution in [0.25, 0.3) is 11.0 Å². The molecule has 1 aromatic carbocycles. The molecule has 0 aliphatic heterocycles. The number of benzene rings is 1. The third kappa shape index (κ3) is 3.05. The fourth-order valence-electron chi connectivity index (χ4n) is 2.52. The highest BCUT2D eigenvalue weighted by Gasteiger charge is 2.22. The third-order valence-corrected chi connectivity index (χ3v) is 3.86. The van der Waals surface area contributed by atoms with Crippen LogP contribution in [0.1, 0.15) is 40.1 Å². The molecule has 126 valence electrons. The van der Waals surface area contributed by atoms with Crippen LogP contribution >= 0.6 is 0 Å². The van der Waals surface area contributed by atoms with Crippen molar-refractivity contribution in [2.45, 2.75) is 34.0 Å². The average molecular weight is 329 g/mol. The average Bonchev–Trinajstić information content (AvgIpc) is 3.11. The maximum absolute atomic E-state index is 12.5. The van der Waals surface area contributed by atoms with Crippen molar-refractivity contribution in [3.8, 4) is 0 Å². The van der Waals surface area contributed by atoms with Crippen molar-refractivity contribution in [3.05, 3.63) is 52.6 Å². The molecule has 0 aliphatic rings. The van der Waals surface area contributed by atoms with Crippen LogP contribution < -0.4 is 0 Å². The van der Waals surface area contributed by atoms with Gasteiger partial charge in [-0.2, -0.15) is 0 Å². The summed E-state index contributed by atoms with van der Waals surface area (Å²) in [6, 6.07) is 7.47. The van der Waals surface area contributed by atoms with E-state index in [-0.39, 0.29) is 12.4 Å². The maximum atomic E-state index is 12.5. The molecule has 2 aromatic heterocycles. The number of fused-ring (bicyclic) bond motifs is 1. The van der Waals surface area contributed by atoms with Gasteiger partial charge in [0.2, 0.25) is 5.76 Å². The number of furan rings is 1. The molecule has 0 fully saturated rings. The number of aromatic nitrogens is 1. The molecule has 0 saturated carbocycles. The summed E-state index contributed by atoms with van der Waals surface area (Å²) in [5, 5.41) is 4.71. The number of carbonyl (C=O) groups is 1. The number of hydrogen-bond acceptors (Lipinski definition) is 6. The Labute approximate surface area is 139 Å². The second-order valence-corrected chi connectivity index (χ2v) is 5.42. The van der Waals surface area contributed by atoms with E-state index in [1.807, 2.05) is 31.2 Å². The number of hydrogen-bond donors (Lipinski definition) is 0. The standard InChI is InChI=1S/C18H19NO5/c1-4-21-9-15-13-7-5-6-8-16(13)23-17(15)18(20)22-10-14-11(2)19-24-12(14)3/h5-8H,4,9-10H2,1-3H3. The van der Waals surface area contributed by atoms with Gasteiger partial charge in [-0.15, -0.1) is 0 Å². The van der Waals surface area contributed by atoms with Crippen molar-refractivity contribution >= 4 is 16.9 Å². The highest BCUT2D eigenvalue weighted by Crippen LogP contribution is 2.27. The molecule has 0 unspecified atom stereocenters. The summed E-state index contributed by atoms with van der Waals surface area (Å²) in [7, 11) is 0. The quantitative estimate of drug-likeness (QED) is 0.638. The normalized spacial score (nSPS) is 11.1. The van der Waals surface area contributed by atoms with Crippen molar-refractivity contribution in [1.82, 2.24) is 5.16 Å². The van der Waals surface area contributed by atoms with E-state index in [0.29, 0.717) is 35.8 Å². The summed E-state index contributed by atoms with van der Waals surface area (Å²) in [4.78, 5) is 12.5. The molecule has 0 amide bonds. The first-order chi connectivity index (χ1) is 11.6. The lowest BCUT2D eigenvalue weighted by molar-refractivity contribution is 0.0428. The van der Waals surface area contributed by atoms with Crippen LogP contribution in [-0.4, -0.2) is 17.7 Å². The minimum Gasteiger partial charge on any atom is -0.455 e. The highest BCUT2D eigenvalue weighted by molar-refractivity contribution is 5.96. The van der Waals surface area contributed by atoms with E-state index < -0.39 is 5.97 Å². The number of ether oxygens (including phenoxy) is 2. The Morgan fingerprint density at radius 1 is 1.17 bits per heavy atom. The van der Waals surface area contributed by atoms with Crippen LogP contribution in [0.3, 0.4) is 0 Å². The predicted molar refractivity (Wildman–Crippen MR) is 86.6 cm³/mol. The molecule has 0 saturated heterocycles. The van der Waals surface area contributed by atoms with Crippen molar-refractivity contribution < 1.29 is 23.2 Å². The molecule has 0 aliphatic carbocycles. The minimum atomic E-state index is -0.527. The number of aryl methyl sites for hydroxylation is 2. The van der Waals surface area contributed by atoms with Crippen LogP contribution in [0.2, 0.25) is 0 Å². The van der Waals surface area contributed by atoms with Gasteiger partial charge in [0.1, 0.15) is 18.0 Å². The van der Waals surface area contributed by atoms with Crippen LogP contribution in [0.5, 0.6) is 0 Å². The van der Waals surface area contributed by atoms with E-state index in [4.69, 9.17) is 18.4 Å². The molecule has 6 nitrogen and oxygen atoms in total. The lowest BCUT2D eigenvalue weighted by atomic mass is 10.1. The molecule has 3 aromatic rings. The lowest BCUT2D eigenvalue weighted by Crippen LogP contribution is -2.08. The van der Waals surface area contributed by atoms with E-state index in [0.717, 1.165) is 10.9 Å². The Morgan fingerprint density at radius 2 is 1.96 bits per heavy atom. The van der Waals surface area contributed by atoms with Gasteiger partial charge < -0.3 is 18.4 Å². The summed E-state index contributed by atoms with van der Waals surface area (Å²) >= 11 is 0. The molecule has 0 bridgehead atoms. The van der Waals surface area contributed by atoms with Crippen molar-refractivity contribution in [3.63, 3.8) is 0 Å². The summed E-state index contributed by atoms with van der Waals surface area (Å²) in [5.74, 6) is 0.289. The molecule has 0 spiro atoms. The van der Waals surface area contributed by atoms with E-state index in [9.17, 15) is 4.79 Å². The zero-order chi connectivity index (χ0) is 17.1. The molecule has 0 atom stereocenters. The van der Waals surface area contributed by atoms with Gasteiger partial charge in [-0.25, -0.2) is 4.79 Å². The summed E-state index contributed by atoms with van der Waals surface area (Å²) in [6.07, 6.45) is 0. The highest BCUT2D eigenvalue weighted by atomic mass is 16.5. The van der Waals surface area contributed by atoms with Crippen molar-refractivity contribution in [2.24, 2.45) is 0 Å². The van der Waals surface area contributed by atoms with Gasteiger partial charge >= 0.3 is 5.97 Å². The van der Waals surface area contributed by atoms with Crippen molar-refractivity contribution in [1.29, 1.82) is 0 Å². The summed E-state index contributed by atoms with van der Waals surface area (Å²) in [5.41, 5.74) is 2.82. The number of nitrogens with zero attached hydrogens (tertiary/aromatic N) is 1. The Balaban J connectivity index is 1.86. The van der Waals surface area contributed by atoms with Crippen LogP contribution in [0.4, 0.5) is 0 Å². The largest absolute Gasteiger partial charge is 0.455 e. The molecule has 6 heteroatoms. The van der Waals surface area contributed by atoms with Gasteiger partial charge in [0.15, 0.2) is 0 Å². The van der Waals surface area contributed by atoms with Gasteiger partial charge in [0.05, 0.1) is 17.9 Å². The van der Waals surface area contributed by atoms with Gasteiger partial charge in [-0.05, 0) is 26.8 Å². The molecule has 3 rings (SSSR count). The predicted octanol–water partition coefficient (Wildman–Crippen LogP) is 3.93. The van der Waals surface area contributed by atoms with Crippen molar-refractivity contribution in [2.75, 3.05) is 6.61 Å². The SMILES string of the molecule is CCOCc1c(C(=O)OCc2c(C)noc2C)oc2ccccc12. The Morgan fingerprint density at radius 3 is 2.67 bits per heavy atom.